The van der Waals surface area contributed by atoms with E-state index in [-0.39, 0.29) is 12.0 Å². The van der Waals surface area contributed by atoms with Gasteiger partial charge in [0.05, 0.1) is 6.04 Å². The van der Waals surface area contributed by atoms with Crippen LogP contribution in [0.25, 0.3) is 0 Å². The second-order valence-corrected chi connectivity index (χ2v) is 5.42. The lowest BCUT2D eigenvalue weighted by Gasteiger charge is -2.22. The summed E-state index contributed by atoms with van der Waals surface area (Å²) in [6.07, 6.45) is -0.0216. The number of nitrogens with two attached hydrogens (primary N) is 1. The zero-order chi connectivity index (χ0) is 17.1. The maximum Gasteiger partial charge on any atom is 0.243 e. The van der Waals surface area contributed by atoms with Crippen molar-refractivity contribution in [1.82, 2.24) is 0 Å². The first kappa shape index (κ1) is 17.0. The smallest absolute Gasteiger partial charge is 0.243 e. The van der Waals surface area contributed by atoms with E-state index in [4.69, 9.17) is 5.73 Å². The van der Waals surface area contributed by atoms with Gasteiger partial charge >= 0.3 is 0 Å². The molecule has 0 saturated carbocycles. The quantitative estimate of drug-likeness (QED) is 0.941. The van der Waals surface area contributed by atoms with Gasteiger partial charge in [0.15, 0.2) is 0 Å². The molecule has 2 rings (SSSR count). The zero-order valence-corrected chi connectivity index (χ0v) is 12.8. The van der Waals surface area contributed by atoms with Crippen LogP contribution in [0.2, 0.25) is 0 Å². The van der Waals surface area contributed by atoms with Crippen LogP contribution in [0, 0.1) is 24.4 Å². The van der Waals surface area contributed by atoms with E-state index < -0.39 is 29.4 Å². The lowest BCUT2D eigenvalue weighted by Crippen LogP contribution is -2.43. The maximum atomic E-state index is 13.6. The third kappa shape index (κ3) is 4.10. The second kappa shape index (κ2) is 6.83. The number of aryl methyl sites for hydroxylation is 1. The maximum absolute atomic E-state index is 13.6. The Balaban J connectivity index is 2.13. The summed E-state index contributed by atoms with van der Waals surface area (Å²) in [6.45, 7) is 1.62. The van der Waals surface area contributed by atoms with Gasteiger partial charge in [-0.15, -0.1) is 0 Å². The summed E-state index contributed by atoms with van der Waals surface area (Å²) >= 11 is 0. The van der Waals surface area contributed by atoms with Crippen LogP contribution >= 0.6 is 0 Å². The average molecular weight is 322 g/mol. The number of nitrogens with zero attached hydrogens (tertiary/aromatic N) is 1. The van der Waals surface area contributed by atoms with Crippen molar-refractivity contribution >= 4 is 11.6 Å². The molecule has 1 atom stereocenters. The molecule has 122 valence electrons. The molecule has 23 heavy (non-hydrogen) atoms. The number of anilines is 1. The van der Waals surface area contributed by atoms with Crippen LogP contribution in [0.1, 0.15) is 11.1 Å². The standard InChI is InChI=1S/C17H17F3N2O/c1-10-3-4-14(9-15(10)20)22(2)17(23)16(21)7-11-5-12(18)8-13(19)6-11/h3-6,8-9,16H,7,21H2,1-2H3/t16-/m0/s1. The number of hydrogen-bond donors (Lipinski definition) is 1. The number of likely N-dealkylation sites (N-methyl/N-ethyl adjacent to an activating group) is 1. The lowest BCUT2D eigenvalue weighted by atomic mass is 10.0. The molecule has 3 nitrogen and oxygen atoms in total. The van der Waals surface area contributed by atoms with Crippen molar-refractivity contribution < 1.29 is 18.0 Å². The predicted octanol–water partition coefficient (Wildman–Crippen LogP) is 2.95. The van der Waals surface area contributed by atoms with Crippen molar-refractivity contribution in [3.63, 3.8) is 0 Å². The van der Waals surface area contributed by atoms with E-state index in [1.165, 1.54) is 18.0 Å². The minimum Gasteiger partial charge on any atom is -0.320 e. The largest absolute Gasteiger partial charge is 0.320 e. The number of carbonyl (C=O) groups is 1. The van der Waals surface area contributed by atoms with Crippen LogP contribution in [0.4, 0.5) is 18.9 Å². The van der Waals surface area contributed by atoms with Crippen molar-refractivity contribution in [3.05, 3.63) is 65.0 Å². The van der Waals surface area contributed by atoms with E-state index in [0.29, 0.717) is 11.3 Å². The van der Waals surface area contributed by atoms with Gasteiger partial charge in [-0.25, -0.2) is 13.2 Å². The van der Waals surface area contributed by atoms with Gasteiger partial charge in [-0.1, -0.05) is 6.07 Å². The molecule has 0 aliphatic heterocycles. The fourth-order valence-electron chi connectivity index (χ4n) is 2.24. The highest BCUT2D eigenvalue weighted by molar-refractivity contribution is 5.96. The molecule has 2 aromatic carbocycles. The minimum absolute atomic E-state index is 0.0216. The molecule has 0 bridgehead atoms. The van der Waals surface area contributed by atoms with Crippen molar-refractivity contribution in [3.8, 4) is 0 Å². The van der Waals surface area contributed by atoms with Crippen LogP contribution in [0.15, 0.2) is 36.4 Å². The molecule has 0 unspecified atom stereocenters. The normalized spacial score (nSPS) is 12.1. The fraction of sp³-hybridized carbons (Fsp3) is 0.235. The van der Waals surface area contributed by atoms with Gasteiger partial charge in [0.1, 0.15) is 17.5 Å². The molecule has 0 heterocycles. The van der Waals surface area contributed by atoms with Gasteiger partial charge in [0.2, 0.25) is 5.91 Å². The Kier molecular flexibility index (Phi) is 5.05. The van der Waals surface area contributed by atoms with Gasteiger partial charge in [-0.2, -0.15) is 0 Å². The molecule has 0 radical (unpaired) electrons. The van der Waals surface area contributed by atoms with E-state index in [0.717, 1.165) is 18.2 Å². The van der Waals surface area contributed by atoms with Crippen LogP contribution < -0.4 is 10.6 Å². The Bertz CT molecular complexity index is 714. The summed E-state index contributed by atoms with van der Waals surface area (Å²) < 4.78 is 39.9. The number of halogens is 3. The Morgan fingerprint density at radius 1 is 1.13 bits per heavy atom. The number of amides is 1. The van der Waals surface area contributed by atoms with Crippen molar-refractivity contribution in [1.29, 1.82) is 0 Å². The van der Waals surface area contributed by atoms with E-state index in [9.17, 15) is 18.0 Å². The Hall–Kier alpha value is -2.34. The third-order valence-corrected chi connectivity index (χ3v) is 3.57. The van der Waals surface area contributed by atoms with Gasteiger partial charge in [-0.3, -0.25) is 4.79 Å². The molecule has 0 aromatic heterocycles. The summed E-state index contributed by atoms with van der Waals surface area (Å²) in [7, 11) is 1.47. The van der Waals surface area contributed by atoms with Crippen molar-refractivity contribution in [2.24, 2.45) is 5.73 Å². The van der Waals surface area contributed by atoms with Gasteiger partial charge in [0, 0.05) is 18.8 Å². The van der Waals surface area contributed by atoms with Crippen LogP contribution in [0.3, 0.4) is 0 Å². The first-order valence-corrected chi connectivity index (χ1v) is 7.02. The minimum atomic E-state index is -0.995. The molecule has 1 amide bonds. The number of rotatable bonds is 4. The molecule has 0 aliphatic rings. The van der Waals surface area contributed by atoms with Gasteiger partial charge in [0.25, 0.3) is 0 Å². The average Bonchev–Trinajstić information content (AvgIpc) is 2.47. The second-order valence-electron chi connectivity index (χ2n) is 5.42. The highest BCUT2D eigenvalue weighted by Crippen LogP contribution is 2.18. The Labute approximate surface area is 132 Å². The molecule has 2 N–H and O–H groups in total. The molecular weight excluding hydrogens is 305 g/mol. The van der Waals surface area contributed by atoms with Crippen molar-refractivity contribution in [2.45, 2.75) is 19.4 Å². The topological polar surface area (TPSA) is 46.3 Å². The number of carbonyl (C=O) groups excluding carboxylic acids is 1. The van der Waals surface area contributed by atoms with Gasteiger partial charge in [-0.05, 0) is 48.7 Å². The predicted molar refractivity (Wildman–Crippen MR) is 82.6 cm³/mol. The summed E-state index contributed by atoms with van der Waals surface area (Å²) in [5.41, 5.74) is 6.94. The highest BCUT2D eigenvalue weighted by atomic mass is 19.1. The molecule has 2 aromatic rings. The fourth-order valence-corrected chi connectivity index (χ4v) is 2.24. The monoisotopic (exact) mass is 322 g/mol. The SMILES string of the molecule is Cc1ccc(N(C)C(=O)[C@@H](N)Cc2cc(F)cc(F)c2)cc1F. The molecule has 0 spiro atoms. The highest BCUT2D eigenvalue weighted by Gasteiger charge is 2.20. The third-order valence-electron chi connectivity index (χ3n) is 3.57. The van der Waals surface area contributed by atoms with E-state index in [1.54, 1.807) is 19.1 Å². The first-order valence-electron chi connectivity index (χ1n) is 7.02. The zero-order valence-electron chi connectivity index (χ0n) is 12.8. The number of benzene rings is 2. The van der Waals surface area contributed by atoms with E-state index in [1.807, 2.05) is 0 Å². The lowest BCUT2D eigenvalue weighted by molar-refractivity contribution is -0.119. The van der Waals surface area contributed by atoms with Crippen LogP contribution in [-0.2, 0) is 11.2 Å². The van der Waals surface area contributed by atoms with Gasteiger partial charge < -0.3 is 10.6 Å². The summed E-state index contributed by atoms with van der Waals surface area (Å²) in [4.78, 5) is 13.5. The van der Waals surface area contributed by atoms with Crippen LogP contribution in [-0.4, -0.2) is 19.0 Å². The van der Waals surface area contributed by atoms with Crippen molar-refractivity contribution in [2.75, 3.05) is 11.9 Å². The summed E-state index contributed by atoms with van der Waals surface area (Å²) in [5.74, 6) is -2.36. The first-order chi connectivity index (χ1) is 10.8. The molecule has 0 saturated heterocycles. The molecule has 0 fully saturated rings. The van der Waals surface area contributed by atoms with E-state index >= 15 is 0 Å². The Morgan fingerprint density at radius 3 is 2.30 bits per heavy atom. The summed E-state index contributed by atoms with van der Waals surface area (Å²) in [5, 5.41) is 0. The summed E-state index contributed by atoms with van der Waals surface area (Å²) in [6, 6.07) is 6.40. The molecular formula is C17H17F3N2O. The number of hydrogen-bond acceptors (Lipinski definition) is 2. The van der Waals surface area contributed by atoms with E-state index in [2.05, 4.69) is 0 Å². The molecule has 6 heteroatoms. The molecule has 0 aliphatic carbocycles. The Morgan fingerprint density at radius 2 is 1.74 bits per heavy atom. The van der Waals surface area contributed by atoms with Crippen LogP contribution in [0.5, 0.6) is 0 Å².